The number of nitrogens with one attached hydrogen (secondary N) is 1. The summed E-state index contributed by atoms with van der Waals surface area (Å²) >= 11 is 1.48. The standard InChI is InChI=1S/C17H15N3OS/c18-13-6-4-5-12(9-13)15-11-22-17(20-15)10-16(21)19-14-7-2-1-3-8-14/h1-9,11H,10,18H2,(H,19,21). The molecule has 0 radical (unpaired) electrons. The quantitative estimate of drug-likeness (QED) is 0.724. The Morgan fingerprint density at radius 3 is 2.73 bits per heavy atom. The van der Waals surface area contributed by atoms with E-state index in [4.69, 9.17) is 5.73 Å². The van der Waals surface area contributed by atoms with Crippen molar-refractivity contribution in [1.82, 2.24) is 4.98 Å². The lowest BCUT2D eigenvalue weighted by atomic mass is 10.1. The molecule has 3 aromatic rings. The monoisotopic (exact) mass is 309 g/mol. The molecule has 110 valence electrons. The Morgan fingerprint density at radius 2 is 1.95 bits per heavy atom. The minimum atomic E-state index is -0.0697. The van der Waals surface area contributed by atoms with E-state index in [1.54, 1.807) is 0 Å². The van der Waals surface area contributed by atoms with Gasteiger partial charge in [0.05, 0.1) is 12.1 Å². The molecule has 0 saturated carbocycles. The molecular weight excluding hydrogens is 294 g/mol. The number of anilines is 2. The molecule has 0 unspecified atom stereocenters. The van der Waals surface area contributed by atoms with Gasteiger partial charge in [0.15, 0.2) is 0 Å². The van der Waals surface area contributed by atoms with E-state index in [2.05, 4.69) is 10.3 Å². The Balaban J connectivity index is 1.68. The zero-order chi connectivity index (χ0) is 15.4. The number of carbonyl (C=O) groups is 1. The lowest BCUT2D eigenvalue weighted by Crippen LogP contribution is -2.14. The van der Waals surface area contributed by atoms with Crippen LogP contribution in [0.25, 0.3) is 11.3 Å². The van der Waals surface area contributed by atoms with Gasteiger partial charge in [0.2, 0.25) is 5.91 Å². The highest BCUT2D eigenvalue weighted by Crippen LogP contribution is 2.23. The summed E-state index contributed by atoms with van der Waals surface area (Å²) in [5.74, 6) is -0.0697. The normalized spacial score (nSPS) is 10.4. The second-order valence-electron chi connectivity index (χ2n) is 4.84. The van der Waals surface area contributed by atoms with E-state index in [1.165, 1.54) is 11.3 Å². The van der Waals surface area contributed by atoms with Crippen LogP contribution in [0.2, 0.25) is 0 Å². The van der Waals surface area contributed by atoms with E-state index < -0.39 is 0 Å². The van der Waals surface area contributed by atoms with Gasteiger partial charge < -0.3 is 11.1 Å². The van der Waals surface area contributed by atoms with Crippen molar-refractivity contribution in [2.45, 2.75) is 6.42 Å². The fraction of sp³-hybridized carbons (Fsp3) is 0.0588. The van der Waals surface area contributed by atoms with Crippen molar-refractivity contribution in [3.05, 3.63) is 65.0 Å². The number of carbonyl (C=O) groups excluding carboxylic acids is 1. The minimum Gasteiger partial charge on any atom is -0.399 e. The van der Waals surface area contributed by atoms with Crippen molar-refractivity contribution >= 4 is 28.6 Å². The Bertz CT molecular complexity index is 783. The smallest absolute Gasteiger partial charge is 0.231 e. The Hall–Kier alpha value is -2.66. The van der Waals surface area contributed by atoms with E-state index in [0.29, 0.717) is 5.69 Å². The molecule has 1 heterocycles. The number of rotatable bonds is 4. The van der Waals surface area contributed by atoms with Gasteiger partial charge in [-0.25, -0.2) is 4.98 Å². The third-order valence-corrected chi connectivity index (χ3v) is 3.95. The van der Waals surface area contributed by atoms with Crippen molar-refractivity contribution in [3.63, 3.8) is 0 Å². The first-order valence-electron chi connectivity index (χ1n) is 6.86. The van der Waals surface area contributed by atoms with Crippen molar-refractivity contribution in [2.24, 2.45) is 0 Å². The number of amides is 1. The van der Waals surface area contributed by atoms with Crippen LogP contribution >= 0.6 is 11.3 Å². The third kappa shape index (κ3) is 3.51. The second kappa shape index (κ2) is 6.41. The molecule has 5 heteroatoms. The molecule has 0 aliphatic carbocycles. The molecular formula is C17H15N3OS. The number of hydrogen-bond donors (Lipinski definition) is 2. The molecule has 1 amide bonds. The van der Waals surface area contributed by atoms with Crippen molar-refractivity contribution < 1.29 is 4.79 Å². The van der Waals surface area contributed by atoms with Crippen molar-refractivity contribution in [2.75, 3.05) is 11.1 Å². The summed E-state index contributed by atoms with van der Waals surface area (Å²) in [6.07, 6.45) is 0.266. The van der Waals surface area contributed by atoms with E-state index in [1.807, 2.05) is 60.0 Å². The predicted molar refractivity (Wildman–Crippen MR) is 90.7 cm³/mol. The van der Waals surface area contributed by atoms with Gasteiger partial charge in [-0.15, -0.1) is 11.3 Å². The van der Waals surface area contributed by atoms with Gasteiger partial charge in [-0.1, -0.05) is 30.3 Å². The van der Waals surface area contributed by atoms with Gasteiger partial charge in [-0.05, 0) is 24.3 Å². The van der Waals surface area contributed by atoms with E-state index in [0.717, 1.165) is 22.0 Å². The topological polar surface area (TPSA) is 68.0 Å². The summed E-state index contributed by atoms with van der Waals surface area (Å²) in [7, 11) is 0. The summed E-state index contributed by atoms with van der Waals surface area (Å²) in [6.45, 7) is 0. The minimum absolute atomic E-state index is 0.0697. The zero-order valence-corrected chi connectivity index (χ0v) is 12.6. The first-order valence-corrected chi connectivity index (χ1v) is 7.74. The molecule has 0 aliphatic heterocycles. The van der Waals surface area contributed by atoms with Crippen LogP contribution in [0.3, 0.4) is 0 Å². The first-order chi connectivity index (χ1) is 10.7. The highest BCUT2D eigenvalue weighted by atomic mass is 32.1. The highest BCUT2D eigenvalue weighted by molar-refractivity contribution is 7.10. The lowest BCUT2D eigenvalue weighted by molar-refractivity contribution is -0.115. The van der Waals surface area contributed by atoms with Crippen LogP contribution < -0.4 is 11.1 Å². The maximum absolute atomic E-state index is 12.0. The van der Waals surface area contributed by atoms with Crippen molar-refractivity contribution in [3.8, 4) is 11.3 Å². The molecule has 1 aromatic heterocycles. The molecule has 2 aromatic carbocycles. The molecule has 0 spiro atoms. The number of hydrogen-bond acceptors (Lipinski definition) is 4. The van der Waals surface area contributed by atoms with Crippen LogP contribution in [-0.4, -0.2) is 10.9 Å². The lowest BCUT2D eigenvalue weighted by Gasteiger charge is -2.03. The zero-order valence-electron chi connectivity index (χ0n) is 11.8. The number of nitrogen functional groups attached to an aromatic ring is 1. The SMILES string of the molecule is Nc1cccc(-c2csc(CC(=O)Nc3ccccc3)n2)c1. The summed E-state index contributed by atoms with van der Waals surface area (Å²) < 4.78 is 0. The van der Waals surface area contributed by atoms with Crippen LogP contribution in [0.15, 0.2) is 60.0 Å². The Kier molecular flexibility index (Phi) is 4.16. The molecule has 0 fully saturated rings. The number of nitrogens with two attached hydrogens (primary N) is 1. The Morgan fingerprint density at radius 1 is 1.14 bits per heavy atom. The number of para-hydroxylation sites is 1. The summed E-state index contributed by atoms with van der Waals surface area (Å²) in [4.78, 5) is 16.5. The van der Waals surface area contributed by atoms with Gasteiger partial charge in [0.25, 0.3) is 0 Å². The van der Waals surface area contributed by atoms with E-state index in [-0.39, 0.29) is 12.3 Å². The van der Waals surface area contributed by atoms with Crippen LogP contribution in [-0.2, 0) is 11.2 Å². The summed E-state index contributed by atoms with van der Waals surface area (Å²) in [5.41, 5.74) is 9.09. The van der Waals surface area contributed by atoms with Gasteiger partial charge in [0, 0.05) is 22.3 Å². The molecule has 0 bridgehead atoms. The van der Waals surface area contributed by atoms with Gasteiger partial charge in [-0.3, -0.25) is 4.79 Å². The predicted octanol–water partition coefficient (Wildman–Crippen LogP) is 3.57. The average Bonchev–Trinajstić information content (AvgIpc) is 2.96. The summed E-state index contributed by atoms with van der Waals surface area (Å²) in [6, 6.07) is 17.0. The highest BCUT2D eigenvalue weighted by Gasteiger charge is 2.09. The third-order valence-electron chi connectivity index (χ3n) is 3.10. The number of thiazole rings is 1. The average molecular weight is 309 g/mol. The fourth-order valence-corrected chi connectivity index (χ4v) is 2.89. The van der Waals surface area contributed by atoms with Crippen molar-refractivity contribution in [1.29, 1.82) is 0 Å². The van der Waals surface area contributed by atoms with Gasteiger partial charge in [0.1, 0.15) is 5.01 Å². The molecule has 4 nitrogen and oxygen atoms in total. The molecule has 0 atom stereocenters. The first kappa shape index (κ1) is 14.3. The maximum atomic E-state index is 12.0. The fourth-order valence-electron chi connectivity index (χ4n) is 2.09. The van der Waals surface area contributed by atoms with E-state index >= 15 is 0 Å². The van der Waals surface area contributed by atoms with Crippen LogP contribution in [0.5, 0.6) is 0 Å². The number of aromatic nitrogens is 1. The second-order valence-corrected chi connectivity index (χ2v) is 5.79. The van der Waals surface area contributed by atoms with E-state index in [9.17, 15) is 4.79 Å². The van der Waals surface area contributed by atoms with Crippen LogP contribution in [0.1, 0.15) is 5.01 Å². The number of nitrogens with zero attached hydrogens (tertiary/aromatic N) is 1. The molecule has 22 heavy (non-hydrogen) atoms. The molecule has 0 aliphatic rings. The molecule has 3 rings (SSSR count). The van der Waals surface area contributed by atoms with Crippen LogP contribution in [0, 0.1) is 0 Å². The Labute approximate surface area is 132 Å². The number of benzene rings is 2. The van der Waals surface area contributed by atoms with Gasteiger partial charge in [-0.2, -0.15) is 0 Å². The maximum Gasteiger partial charge on any atom is 0.231 e. The molecule has 0 saturated heterocycles. The van der Waals surface area contributed by atoms with Gasteiger partial charge >= 0.3 is 0 Å². The van der Waals surface area contributed by atoms with Crippen LogP contribution in [0.4, 0.5) is 11.4 Å². The largest absolute Gasteiger partial charge is 0.399 e. The summed E-state index contributed by atoms with van der Waals surface area (Å²) in [5, 5.41) is 5.58. The molecule has 3 N–H and O–H groups in total.